The molecule has 0 aliphatic heterocycles. The second kappa shape index (κ2) is 14.4. The molecule has 0 unspecified atom stereocenters. The maximum Gasteiger partial charge on any atom is 0.264 e. The molecule has 2 amide bonds. The van der Waals surface area contributed by atoms with Gasteiger partial charge in [-0.2, -0.15) is 0 Å². The van der Waals surface area contributed by atoms with E-state index in [1.807, 2.05) is 27.7 Å². The van der Waals surface area contributed by atoms with E-state index in [9.17, 15) is 18.0 Å². The highest BCUT2D eigenvalue weighted by Crippen LogP contribution is 2.26. The molecule has 1 atom stereocenters. The first-order chi connectivity index (χ1) is 19.5. The van der Waals surface area contributed by atoms with Gasteiger partial charge in [0.1, 0.15) is 18.3 Å². The van der Waals surface area contributed by atoms with Gasteiger partial charge >= 0.3 is 0 Å². The molecular formula is C31H38ClN3O5S. The zero-order valence-corrected chi connectivity index (χ0v) is 25.7. The number of ether oxygens (including phenoxy) is 1. The van der Waals surface area contributed by atoms with Gasteiger partial charge in [-0.3, -0.25) is 13.9 Å². The summed E-state index contributed by atoms with van der Waals surface area (Å²) in [5, 5.41) is 3.47. The zero-order valence-electron chi connectivity index (χ0n) is 24.1. The zero-order chi connectivity index (χ0) is 30.2. The molecule has 1 N–H and O–H groups in total. The van der Waals surface area contributed by atoms with Gasteiger partial charge in [-0.15, -0.1) is 0 Å². The lowest BCUT2D eigenvalue weighted by atomic mass is 10.1. The molecule has 0 fully saturated rings. The van der Waals surface area contributed by atoms with Crippen molar-refractivity contribution in [1.29, 1.82) is 0 Å². The number of nitrogens with one attached hydrogen (secondary N) is 1. The molecule has 0 radical (unpaired) electrons. The van der Waals surface area contributed by atoms with E-state index in [0.29, 0.717) is 29.4 Å². The summed E-state index contributed by atoms with van der Waals surface area (Å²) < 4.78 is 34.2. The van der Waals surface area contributed by atoms with E-state index in [1.54, 1.807) is 60.7 Å². The number of benzene rings is 3. The van der Waals surface area contributed by atoms with Crippen molar-refractivity contribution >= 4 is 39.1 Å². The molecule has 0 aromatic heterocycles. The summed E-state index contributed by atoms with van der Waals surface area (Å²) >= 11 is 6.07. The highest BCUT2D eigenvalue weighted by atomic mass is 35.5. The van der Waals surface area contributed by atoms with Crippen LogP contribution in [0.3, 0.4) is 0 Å². The number of anilines is 1. The van der Waals surface area contributed by atoms with Gasteiger partial charge in [-0.05, 0) is 73.4 Å². The number of sulfonamides is 1. The third-order valence-electron chi connectivity index (χ3n) is 6.58. The second-order valence-electron chi connectivity index (χ2n) is 10.2. The van der Waals surface area contributed by atoms with Gasteiger partial charge in [0.25, 0.3) is 10.0 Å². The van der Waals surface area contributed by atoms with Crippen LogP contribution < -0.4 is 14.4 Å². The fourth-order valence-corrected chi connectivity index (χ4v) is 5.78. The number of rotatable bonds is 13. The van der Waals surface area contributed by atoms with Crippen molar-refractivity contribution in [2.45, 2.75) is 51.6 Å². The van der Waals surface area contributed by atoms with Crippen molar-refractivity contribution < 1.29 is 22.7 Å². The Hall–Kier alpha value is -3.56. The highest BCUT2D eigenvalue weighted by Gasteiger charge is 2.33. The Labute approximate surface area is 248 Å². The Morgan fingerprint density at radius 3 is 2.10 bits per heavy atom. The van der Waals surface area contributed by atoms with Gasteiger partial charge in [-0.1, -0.05) is 62.2 Å². The first-order valence-electron chi connectivity index (χ1n) is 13.5. The van der Waals surface area contributed by atoms with Crippen LogP contribution in [0.2, 0.25) is 5.02 Å². The van der Waals surface area contributed by atoms with E-state index in [0.717, 1.165) is 15.4 Å². The number of amides is 2. The summed E-state index contributed by atoms with van der Waals surface area (Å²) in [6.07, 6.45) is 0.346. The first kappa shape index (κ1) is 32.0. The first-order valence-corrected chi connectivity index (χ1v) is 15.3. The average Bonchev–Trinajstić information content (AvgIpc) is 2.96. The van der Waals surface area contributed by atoms with Crippen LogP contribution in [-0.4, -0.2) is 51.4 Å². The number of halogens is 1. The Morgan fingerprint density at radius 2 is 1.56 bits per heavy atom. The number of hydrogen-bond donors (Lipinski definition) is 1. The fourth-order valence-electron chi connectivity index (χ4n) is 4.24. The number of carbonyl (C=O) groups excluding carboxylic acids is 2. The normalized spacial score (nSPS) is 12.1. The lowest BCUT2D eigenvalue weighted by Crippen LogP contribution is -2.52. The van der Waals surface area contributed by atoms with Crippen LogP contribution >= 0.6 is 11.6 Å². The van der Waals surface area contributed by atoms with Gasteiger partial charge in [0.2, 0.25) is 11.8 Å². The van der Waals surface area contributed by atoms with Crippen molar-refractivity contribution in [3.05, 3.63) is 88.9 Å². The van der Waals surface area contributed by atoms with Crippen molar-refractivity contribution in [3.8, 4) is 5.75 Å². The number of hydrogen-bond acceptors (Lipinski definition) is 5. The fraction of sp³-hybridized carbons (Fsp3) is 0.355. The van der Waals surface area contributed by atoms with Crippen LogP contribution in [0.5, 0.6) is 5.75 Å². The molecule has 3 aromatic rings. The monoisotopic (exact) mass is 599 g/mol. The summed E-state index contributed by atoms with van der Waals surface area (Å²) in [6.45, 7) is 7.76. The van der Waals surface area contributed by atoms with Crippen LogP contribution in [-0.2, 0) is 26.2 Å². The lowest BCUT2D eigenvalue weighted by Gasteiger charge is -2.33. The minimum atomic E-state index is -4.16. The molecule has 0 aliphatic carbocycles. The Kier molecular flexibility index (Phi) is 11.2. The number of carbonyl (C=O) groups is 2. The minimum absolute atomic E-state index is 0.0117. The predicted octanol–water partition coefficient (Wildman–Crippen LogP) is 5.43. The predicted molar refractivity (Wildman–Crippen MR) is 163 cm³/mol. The Balaban J connectivity index is 2.03. The van der Waals surface area contributed by atoms with Crippen molar-refractivity contribution in [2.75, 3.05) is 24.5 Å². The molecular weight excluding hydrogens is 562 g/mol. The summed E-state index contributed by atoms with van der Waals surface area (Å²) in [5.74, 6) is -0.0645. The van der Waals surface area contributed by atoms with E-state index >= 15 is 0 Å². The molecule has 10 heteroatoms. The summed E-state index contributed by atoms with van der Waals surface area (Å²) in [4.78, 5) is 28.8. The van der Waals surface area contributed by atoms with E-state index in [4.69, 9.17) is 16.3 Å². The molecule has 8 nitrogen and oxygen atoms in total. The van der Waals surface area contributed by atoms with E-state index in [1.165, 1.54) is 24.1 Å². The molecule has 0 saturated heterocycles. The molecule has 3 aromatic carbocycles. The standard InChI is InChI=1S/C31H38ClN3O5S/c1-6-29(31(37)33-19-22(2)3)34(20-24-9-11-25(32)12-10-24)30(36)21-35(26-13-7-23(4)8-14-26)41(38,39)28-17-15-27(40-5)16-18-28/h7-18,22,29H,6,19-21H2,1-5H3,(H,33,37)/t29-/m0/s1. The van der Waals surface area contributed by atoms with Crippen LogP contribution in [0.4, 0.5) is 5.69 Å². The smallest absolute Gasteiger partial charge is 0.264 e. The third-order valence-corrected chi connectivity index (χ3v) is 8.62. The minimum Gasteiger partial charge on any atom is -0.497 e. The number of nitrogens with zero attached hydrogens (tertiary/aromatic N) is 2. The highest BCUT2D eigenvalue weighted by molar-refractivity contribution is 7.92. The van der Waals surface area contributed by atoms with E-state index in [2.05, 4.69) is 5.32 Å². The largest absolute Gasteiger partial charge is 0.497 e. The molecule has 0 bridgehead atoms. The van der Waals surface area contributed by atoms with Crippen LogP contribution in [0.1, 0.15) is 38.3 Å². The molecule has 41 heavy (non-hydrogen) atoms. The van der Waals surface area contributed by atoms with E-state index < -0.39 is 28.5 Å². The van der Waals surface area contributed by atoms with E-state index in [-0.39, 0.29) is 23.3 Å². The SMILES string of the molecule is CC[C@@H](C(=O)NCC(C)C)N(Cc1ccc(Cl)cc1)C(=O)CN(c1ccc(C)cc1)S(=O)(=O)c1ccc(OC)cc1. The van der Waals surface area contributed by atoms with Gasteiger partial charge in [0.15, 0.2) is 0 Å². The summed E-state index contributed by atoms with van der Waals surface area (Å²) in [6, 6.07) is 19.1. The van der Waals surface area contributed by atoms with Crippen LogP contribution in [0, 0.1) is 12.8 Å². The molecule has 0 saturated carbocycles. The van der Waals surface area contributed by atoms with Gasteiger partial charge in [0.05, 0.1) is 17.7 Å². The third kappa shape index (κ3) is 8.47. The Morgan fingerprint density at radius 1 is 0.951 bits per heavy atom. The maximum atomic E-state index is 14.1. The number of methoxy groups -OCH3 is 1. The molecule has 0 heterocycles. The summed E-state index contributed by atoms with van der Waals surface area (Å²) in [7, 11) is -2.66. The van der Waals surface area contributed by atoms with Gasteiger partial charge in [0, 0.05) is 18.1 Å². The van der Waals surface area contributed by atoms with Crippen molar-refractivity contribution in [2.24, 2.45) is 5.92 Å². The van der Waals surface area contributed by atoms with Crippen LogP contribution in [0.15, 0.2) is 77.7 Å². The molecule has 3 rings (SSSR count). The topological polar surface area (TPSA) is 96.0 Å². The molecule has 0 aliphatic rings. The number of aryl methyl sites for hydroxylation is 1. The maximum absolute atomic E-state index is 14.1. The molecule has 220 valence electrons. The summed E-state index contributed by atoms with van der Waals surface area (Å²) in [5.41, 5.74) is 2.04. The molecule has 0 spiro atoms. The van der Waals surface area contributed by atoms with Crippen molar-refractivity contribution in [3.63, 3.8) is 0 Å². The Bertz CT molecular complexity index is 1410. The average molecular weight is 600 g/mol. The quantitative estimate of drug-likeness (QED) is 0.283. The van der Waals surface area contributed by atoms with Gasteiger partial charge < -0.3 is 15.0 Å². The second-order valence-corrected chi connectivity index (χ2v) is 12.5. The van der Waals surface area contributed by atoms with Crippen LogP contribution in [0.25, 0.3) is 0 Å². The lowest BCUT2D eigenvalue weighted by molar-refractivity contribution is -0.140. The van der Waals surface area contributed by atoms with Crippen molar-refractivity contribution in [1.82, 2.24) is 10.2 Å². The van der Waals surface area contributed by atoms with Gasteiger partial charge in [-0.25, -0.2) is 8.42 Å².